The van der Waals surface area contributed by atoms with E-state index in [1.54, 1.807) is 6.92 Å². The normalized spacial score (nSPS) is 14.5. The molecule has 0 aromatic heterocycles. The Labute approximate surface area is 159 Å². The highest BCUT2D eigenvalue weighted by molar-refractivity contribution is 6.01. The Balaban J connectivity index is 0.000000511. The molecule has 10 nitrogen and oxygen atoms in total. The van der Waals surface area contributed by atoms with Crippen LogP contribution in [0, 0.1) is 0 Å². The summed E-state index contributed by atoms with van der Waals surface area (Å²) in [6, 6.07) is -0.206. The van der Waals surface area contributed by atoms with Crippen molar-refractivity contribution in [1.29, 1.82) is 0 Å². The second kappa shape index (κ2) is 12.8. The first-order valence-electron chi connectivity index (χ1n) is 8.86. The molecular formula is C17H30N4O6. The number of nitrogens with two attached hydrogens (primary N) is 1. The van der Waals surface area contributed by atoms with E-state index in [0.717, 1.165) is 19.3 Å². The molecule has 27 heavy (non-hydrogen) atoms. The summed E-state index contributed by atoms with van der Waals surface area (Å²) in [4.78, 5) is 60.3. The minimum atomic E-state index is -0.571. The van der Waals surface area contributed by atoms with Gasteiger partial charge in [-0.05, 0) is 33.4 Å². The molecule has 10 heteroatoms. The van der Waals surface area contributed by atoms with E-state index >= 15 is 0 Å². The van der Waals surface area contributed by atoms with Crippen LogP contribution in [0.4, 0.5) is 0 Å². The molecule has 0 bridgehead atoms. The van der Waals surface area contributed by atoms with Crippen LogP contribution in [0.2, 0.25) is 0 Å². The summed E-state index contributed by atoms with van der Waals surface area (Å²) >= 11 is 0. The maximum absolute atomic E-state index is 11.0. The molecular weight excluding hydrogens is 360 g/mol. The lowest BCUT2D eigenvalue weighted by atomic mass is 10.1. The number of nitrogens with zero attached hydrogens (tertiary/aromatic N) is 2. The largest absolute Gasteiger partial charge is 0.368 e. The quantitative estimate of drug-likeness (QED) is 0.239. The molecule has 0 spiro atoms. The molecule has 1 saturated heterocycles. The molecule has 0 aliphatic carbocycles. The molecule has 0 aromatic rings. The molecule has 0 radical (unpaired) electrons. The molecule has 1 aliphatic heterocycles. The fourth-order valence-corrected chi connectivity index (χ4v) is 2.21. The Morgan fingerprint density at radius 2 is 1.74 bits per heavy atom. The van der Waals surface area contributed by atoms with Crippen molar-refractivity contribution in [3.63, 3.8) is 0 Å². The highest BCUT2D eigenvalue weighted by atomic mass is 16.7. The molecule has 154 valence electrons. The third-order valence-corrected chi connectivity index (χ3v) is 3.72. The van der Waals surface area contributed by atoms with Gasteiger partial charge in [0, 0.05) is 32.7 Å². The van der Waals surface area contributed by atoms with E-state index in [2.05, 4.69) is 10.2 Å². The van der Waals surface area contributed by atoms with E-state index in [4.69, 9.17) is 5.73 Å². The monoisotopic (exact) mass is 390 g/mol. The van der Waals surface area contributed by atoms with Gasteiger partial charge in [0.05, 0.1) is 6.04 Å². The minimum absolute atomic E-state index is 0.0194. The number of carbonyl (C=O) groups excluding carboxylic acids is 5. The number of hydrogen-bond acceptors (Lipinski definition) is 7. The van der Waals surface area contributed by atoms with Crippen molar-refractivity contribution >= 4 is 29.6 Å². The van der Waals surface area contributed by atoms with Crippen molar-refractivity contribution in [2.45, 2.75) is 58.4 Å². The van der Waals surface area contributed by atoms with E-state index in [0.29, 0.717) is 11.6 Å². The number of likely N-dealkylation sites (N-methyl/N-ethyl adjacent to an activating group) is 1. The van der Waals surface area contributed by atoms with E-state index in [1.807, 2.05) is 19.0 Å². The number of hydroxylamine groups is 2. The van der Waals surface area contributed by atoms with Gasteiger partial charge >= 0.3 is 5.97 Å². The smallest absolute Gasteiger partial charge is 0.332 e. The number of primary amides is 1. The molecule has 4 amide bonds. The van der Waals surface area contributed by atoms with Crippen molar-refractivity contribution in [3.8, 4) is 0 Å². The summed E-state index contributed by atoms with van der Waals surface area (Å²) in [6.45, 7) is 3.74. The topological polar surface area (TPSA) is 139 Å². The van der Waals surface area contributed by atoms with Gasteiger partial charge < -0.3 is 15.9 Å². The molecule has 1 aliphatic rings. The van der Waals surface area contributed by atoms with Gasteiger partial charge in [-0.3, -0.25) is 24.1 Å². The lowest BCUT2D eigenvalue weighted by Gasteiger charge is -2.20. The van der Waals surface area contributed by atoms with Crippen LogP contribution in [-0.2, 0) is 28.8 Å². The van der Waals surface area contributed by atoms with E-state index in [9.17, 15) is 24.0 Å². The van der Waals surface area contributed by atoms with Crippen molar-refractivity contribution < 1.29 is 28.8 Å². The second-order valence-corrected chi connectivity index (χ2v) is 6.26. The molecule has 1 heterocycles. The van der Waals surface area contributed by atoms with Crippen molar-refractivity contribution in [1.82, 2.24) is 15.3 Å². The van der Waals surface area contributed by atoms with E-state index < -0.39 is 17.8 Å². The highest BCUT2D eigenvalue weighted by Crippen LogP contribution is 2.12. The van der Waals surface area contributed by atoms with Gasteiger partial charge in [0.15, 0.2) is 0 Å². The maximum Gasteiger partial charge on any atom is 0.332 e. The summed E-state index contributed by atoms with van der Waals surface area (Å²) in [7, 11) is 3.67. The van der Waals surface area contributed by atoms with Crippen LogP contribution in [-0.4, -0.2) is 66.2 Å². The van der Waals surface area contributed by atoms with Gasteiger partial charge in [-0.15, -0.1) is 5.06 Å². The molecule has 0 aromatic carbocycles. The molecule has 0 saturated carbocycles. The lowest BCUT2D eigenvalue weighted by molar-refractivity contribution is -0.197. The first-order chi connectivity index (χ1) is 12.6. The fourth-order valence-electron chi connectivity index (χ4n) is 2.21. The van der Waals surface area contributed by atoms with Crippen LogP contribution in [0.15, 0.2) is 0 Å². The highest BCUT2D eigenvalue weighted by Gasteiger charge is 2.32. The summed E-state index contributed by atoms with van der Waals surface area (Å²) in [5.41, 5.74) is 5.25. The van der Waals surface area contributed by atoms with Crippen LogP contribution >= 0.6 is 0 Å². The predicted octanol–water partition coefficient (Wildman–Crippen LogP) is -0.288. The average molecular weight is 390 g/mol. The Morgan fingerprint density at radius 3 is 2.15 bits per heavy atom. The van der Waals surface area contributed by atoms with Crippen LogP contribution in [0.5, 0.6) is 0 Å². The standard InChI is InChI=1S/C10H21N3O2.C7H9NO4/c1-8(14)12-7-5-4-6-9(10(11)15)13(2)3;1-2-7(11)12-8-5(9)3-4-6(8)10/h9H,4-7H2,1-3H3,(H2,11,15)(H,12,14);2-4H2,1H3/i2+1,3+1,11+1;1+1. The number of amides is 4. The number of unbranched alkanes of at least 4 members (excludes halogenated alkanes) is 1. The Hall–Kier alpha value is -2.49. The van der Waals surface area contributed by atoms with Crippen molar-refractivity contribution in [2.24, 2.45) is 5.73 Å². The molecule has 1 unspecified atom stereocenters. The van der Waals surface area contributed by atoms with Gasteiger partial charge in [-0.1, -0.05) is 6.92 Å². The average Bonchev–Trinajstić information content (AvgIpc) is 2.89. The van der Waals surface area contributed by atoms with Crippen molar-refractivity contribution in [2.75, 3.05) is 20.6 Å². The number of rotatable bonds is 9. The number of nitrogens with one attached hydrogen (secondary N) is 1. The minimum Gasteiger partial charge on any atom is -0.368 e. The van der Waals surface area contributed by atoms with E-state index in [1.165, 1.54) is 6.92 Å². The molecule has 1 atom stereocenters. The third-order valence-electron chi connectivity index (χ3n) is 3.72. The first-order valence-corrected chi connectivity index (χ1v) is 8.86. The fraction of sp³-hybridized carbons (Fsp3) is 0.706. The summed E-state index contributed by atoms with van der Waals surface area (Å²) in [5, 5.41) is 3.26. The molecule has 1 fully saturated rings. The van der Waals surface area contributed by atoms with Crippen LogP contribution in [0.3, 0.4) is 0 Å². The van der Waals surface area contributed by atoms with Gasteiger partial charge in [0.2, 0.25) is 11.8 Å². The maximum atomic E-state index is 11.0. The van der Waals surface area contributed by atoms with Crippen molar-refractivity contribution in [3.05, 3.63) is 0 Å². The predicted molar refractivity (Wildman–Crippen MR) is 96.7 cm³/mol. The Morgan fingerprint density at radius 1 is 1.19 bits per heavy atom. The lowest BCUT2D eigenvalue weighted by Crippen LogP contribution is -2.40. The molecule has 3 N–H and O–H groups in total. The van der Waals surface area contributed by atoms with Gasteiger partial charge in [0.25, 0.3) is 11.8 Å². The summed E-state index contributed by atoms with van der Waals surface area (Å²) < 4.78 is 0. The molecule has 1 rings (SSSR count). The van der Waals surface area contributed by atoms with Crippen LogP contribution in [0.25, 0.3) is 0 Å². The zero-order valence-corrected chi connectivity index (χ0v) is 16.4. The van der Waals surface area contributed by atoms with Crippen LogP contribution in [0.1, 0.15) is 52.4 Å². The van der Waals surface area contributed by atoms with Gasteiger partial charge in [-0.25, -0.2) is 4.79 Å². The number of imide groups is 1. The van der Waals surface area contributed by atoms with Gasteiger partial charge in [-0.2, -0.15) is 0 Å². The number of hydrogen-bond donors (Lipinski definition) is 2. The van der Waals surface area contributed by atoms with Crippen LogP contribution < -0.4 is 11.1 Å². The van der Waals surface area contributed by atoms with Gasteiger partial charge in [0.1, 0.15) is 0 Å². The van der Waals surface area contributed by atoms with E-state index in [-0.39, 0.29) is 37.1 Å². The first kappa shape index (κ1) is 24.5. The summed E-state index contributed by atoms with van der Waals surface area (Å²) in [6.07, 6.45) is 2.91. The SMILES string of the molecule is CC(=O)NCCCCC(C([15NH2])=O)N([13CH3])[13CH3].[13CH3]CC(=O)ON1C(=O)CCC1=O. The number of carbonyl (C=O) groups is 5. The zero-order chi connectivity index (χ0) is 21.0. The zero-order valence-electron chi connectivity index (χ0n) is 16.4. The third kappa shape index (κ3) is 10.3. The second-order valence-electron chi connectivity index (χ2n) is 6.26. The summed E-state index contributed by atoms with van der Waals surface area (Å²) in [5.74, 6) is -1.77. The Bertz CT molecular complexity index is 534. The Kier molecular flexibility index (Phi) is 11.6.